The first-order chi connectivity index (χ1) is 25.3. The molecular formula is C36H38F2N8O5S. The van der Waals surface area contributed by atoms with Crippen molar-refractivity contribution in [2.24, 2.45) is 0 Å². The Hall–Kier alpha value is -4.90. The third-order valence-corrected chi connectivity index (χ3v) is 9.97. The maximum absolute atomic E-state index is 14.9. The number of anilines is 1. The number of hydrogen-bond acceptors (Lipinski definition) is 11. The average Bonchev–Trinajstić information content (AvgIpc) is 3.94. The lowest BCUT2D eigenvalue weighted by Gasteiger charge is -2.28. The lowest BCUT2D eigenvalue weighted by molar-refractivity contribution is 0.0260. The summed E-state index contributed by atoms with van der Waals surface area (Å²) in [6, 6.07) is 9.25. The van der Waals surface area contributed by atoms with E-state index >= 15 is 0 Å². The van der Waals surface area contributed by atoms with Crippen molar-refractivity contribution in [2.45, 2.75) is 58.0 Å². The fraction of sp³-hybridized carbons (Fsp3) is 0.389. The van der Waals surface area contributed by atoms with Crippen LogP contribution in [0.15, 0.2) is 60.4 Å². The number of benzene rings is 1. The van der Waals surface area contributed by atoms with Gasteiger partial charge in [0.05, 0.1) is 42.8 Å². The quantitative estimate of drug-likeness (QED) is 0.121. The molecule has 7 rings (SSSR count). The summed E-state index contributed by atoms with van der Waals surface area (Å²) in [5.41, 5.74) is 2.18. The number of nitrogens with one attached hydrogen (secondary N) is 1. The molecule has 2 aliphatic rings. The van der Waals surface area contributed by atoms with Crippen LogP contribution in [0.3, 0.4) is 0 Å². The molecule has 1 aromatic carbocycles. The fourth-order valence-corrected chi connectivity index (χ4v) is 7.13. The van der Waals surface area contributed by atoms with Gasteiger partial charge in [-0.2, -0.15) is 14.6 Å². The number of hydrogen-bond donors (Lipinski definition) is 1. The van der Waals surface area contributed by atoms with Crippen LogP contribution in [-0.2, 0) is 27.5 Å². The molecule has 0 spiro atoms. The second kappa shape index (κ2) is 16.2. The average molecular weight is 733 g/mol. The molecule has 2 fully saturated rings. The highest BCUT2D eigenvalue weighted by Gasteiger charge is 2.27. The largest absolute Gasteiger partial charge is 0.439 e. The number of morpholine rings is 1. The molecule has 1 saturated carbocycles. The Morgan fingerprint density at radius 3 is 2.56 bits per heavy atom. The molecule has 272 valence electrons. The van der Waals surface area contributed by atoms with Gasteiger partial charge in [0.25, 0.3) is 5.91 Å². The zero-order valence-electron chi connectivity index (χ0n) is 28.5. The second-order valence-corrected chi connectivity index (χ2v) is 13.5. The van der Waals surface area contributed by atoms with Crippen molar-refractivity contribution in [3.05, 3.63) is 89.0 Å². The van der Waals surface area contributed by atoms with E-state index in [2.05, 4.69) is 30.4 Å². The Balaban J connectivity index is 0.990. The van der Waals surface area contributed by atoms with Crippen LogP contribution >= 0.6 is 11.3 Å². The summed E-state index contributed by atoms with van der Waals surface area (Å²) in [6.45, 7) is 6.51. The number of aromatic nitrogens is 6. The Kier molecular flexibility index (Phi) is 11.1. The number of carbonyl (C=O) groups is 2. The number of esters is 1. The van der Waals surface area contributed by atoms with Crippen LogP contribution in [0, 0.1) is 11.8 Å². The maximum atomic E-state index is 14.9. The van der Waals surface area contributed by atoms with Gasteiger partial charge >= 0.3 is 5.97 Å². The number of thiazole rings is 1. The van der Waals surface area contributed by atoms with E-state index in [1.54, 1.807) is 40.8 Å². The first-order valence-electron chi connectivity index (χ1n) is 17.2. The molecule has 0 atom stereocenters. The van der Waals surface area contributed by atoms with Crippen LogP contribution in [0.25, 0.3) is 22.0 Å². The molecule has 52 heavy (non-hydrogen) atoms. The number of rotatable bonds is 12. The molecule has 1 aliphatic heterocycles. The molecule has 5 aromatic rings. The van der Waals surface area contributed by atoms with Gasteiger partial charge in [-0.3, -0.25) is 14.4 Å². The van der Waals surface area contributed by atoms with E-state index in [0.29, 0.717) is 22.7 Å². The Morgan fingerprint density at radius 1 is 1.00 bits per heavy atom. The summed E-state index contributed by atoms with van der Waals surface area (Å²) in [6.07, 6.45) is 8.28. The minimum atomic E-state index is -0.867. The van der Waals surface area contributed by atoms with E-state index in [1.165, 1.54) is 16.0 Å². The lowest BCUT2D eigenvalue weighted by atomic mass is 9.93. The third-order valence-electron chi connectivity index (χ3n) is 9.08. The number of ether oxygens (including phenoxy) is 3. The van der Waals surface area contributed by atoms with Crippen LogP contribution in [-0.4, -0.2) is 85.3 Å². The molecule has 5 heterocycles. The summed E-state index contributed by atoms with van der Waals surface area (Å²) < 4.78 is 48.8. The van der Waals surface area contributed by atoms with Gasteiger partial charge in [0, 0.05) is 49.6 Å². The number of pyridine rings is 1. The van der Waals surface area contributed by atoms with Gasteiger partial charge in [-0.15, -0.1) is 11.3 Å². The van der Waals surface area contributed by atoms with Crippen LogP contribution in [0.2, 0.25) is 0 Å². The van der Waals surface area contributed by atoms with Gasteiger partial charge in [0.1, 0.15) is 22.1 Å². The molecular weight excluding hydrogens is 695 g/mol. The zero-order valence-corrected chi connectivity index (χ0v) is 29.4. The summed E-state index contributed by atoms with van der Waals surface area (Å²) >= 11 is 1.23. The minimum absolute atomic E-state index is 0.00876. The lowest BCUT2D eigenvalue weighted by Crippen LogP contribution is -2.35. The molecule has 0 unspecified atom stereocenters. The van der Waals surface area contributed by atoms with Crippen molar-refractivity contribution in [3.63, 3.8) is 0 Å². The second-order valence-electron chi connectivity index (χ2n) is 12.6. The molecule has 0 radical (unpaired) electrons. The van der Waals surface area contributed by atoms with Crippen LogP contribution in [0.4, 0.5) is 14.5 Å². The van der Waals surface area contributed by atoms with Crippen LogP contribution in [0.1, 0.15) is 65.1 Å². The summed E-state index contributed by atoms with van der Waals surface area (Å²) in [5, 5.41) is 13.7. The number of amides is 1. The monoisotopic (exact) mass is 732 g/mol. The molecule has 0 bridgehead atoms. The first-order valence-corrected chi connectivity index (χ1v) is 18.1. The SMILES string of the molecule is CCO[C@H]1CC[C@H](n2cc(NC(=O)c3csc(-c4cnn(COC(=O)c5ccc(CN6CCOCC6)cc5)c4)n3)c(-c3nc(F)ccc3F)n2)CC1. The maximum Gasteiger partial charge on any atom is 0.339 e. The normalized spacial score (nSPS) is 18.0. The van der Waals surface area contributed by atoms with E-state index in [-0.39, 0.29) is 41.6 Å². The van der Waals surface area contributed by atoms with Crippen LogP contribution < -0.4 is 5.32 Å². The fourth-order valence-electron chi connectivity index (χ4n) is 6.36. The third kappa shape index (κ3) is 8.41. The van der Waals surface area contributed by atoms with Crippen molar-refractivity contribution in [2.75, 3.05) is 38.2 Å². The highest BCUT2D eigenvalue weighted by atomic mass is 32.1. The smallest absolute Gasteiger partial charge is 0.339 e. The highest BCUT2D eigenvalue weighted by Crippen LogP contribution is 2.35. The zero-order chi connectivity index (χ0) is 36.0. The van der Waals surface area contributed by atoms with Crippen molar-refractivity contribution in [1.82, 2.24) is 34.4 Å². The van der Waals surface area contributed by atoms with E-state index < -0.39 is 23.6 Å². The minimum Gasteiger partial charge on any atom is -0.439 e. The van der Waals surface area contributed by atoms with Gasteiger partial charge in [0.2, 0.25) is 5.95 Å². The first kappa shape index (κ1) is 35.5. The van der Waals surface area contributed by atoms with Gasteiger partial charge < -0.3 is 19.5 Å². The van der Waals surface area contributed by atoms with Crippen molar-refractivity contribution >= 4 is 28.9 Å². The van der Waals surface area contributed by atoms with Gasteiger partial charge in [-0.25, -0.2) is 23.8 Å². The number of halogens is 2. The standard InChI is InChI=1S/C36H38F2N8O5S/c1-2-50-27-9-7-26(8-10-27)46-20-29(33(43-46)32-28(37)11-12-31(38)42-32)40-34(47)30-21-52-35(41-30)25-17-39-45(19-25)22-51-36(48)24-5-3-23(4-6-24)18-44-13-15-49-16-14-44/h3-6,11-12,17,19-21,26-27H,2,7-10,13-16,18,22H2,1H3,(H,40,47)/t26-,27-. The van der Waals surface area contributed by atoms with E-state index in [9.17, 15) is 18.4 Å². The van der Waals surface area contributed by atoms with E-state index in [0.717, 1.165) is 76.2 Å². The highest BCUT2D eigenvalue weighted by molar-refractivity contribution is 7.13. The summed E-state index contributed by atoms with van der Waals surface area (Å²) in [4.78, 5) is 36.7. The Labute approximate surface area is 302 Å². The molecule has 16 heteroatoms. The van der Waals surface area contributed by atoms with Gasteiger partial charge in [-0.05, 0) is 62.4 Å². The Morgan fingerprint density at radius 2 is 1.79 bits per heavy atom. The molecule has 1 aliphatic carbocycles. The molecule has 13 nitrogen and oxygen atoms in total. The predicted octanol–water partition coefficient (Wildman–Crippen LogP) is 5.96. The Bertz CT molecular complexity index is 2000. The van der Waals surface area contributed by atoms with Crippen molar-refractivity contribution < 1.29 is 32.6 Å². The van der Waals surface area contributed by atoms with Gasteiger partial charge in [-0.1, -0.05) is 12.1 Å². The van der Waals surface area contributed by atoms with Gasteiger partial charge in [0.15, 0.2) is 12.5 Å². The predicted molar refractivity (Wildman–Crippen MR) is 188 cm³/mol. The molecule has 1 amide bonds. The van der Waals surface area contributed by atoms with E-state index in [4.69, 9.17) is 14.2 Å². The summed E-state index contributed by atoms with van der Waals surface area (Å²) in [5.74, 6) is -2.67. The number of nitrogens with zero attached hydrogens (tertiary/aromatic N) is 7. The van der Waals surface area contributed by atoms with Crippen molar-refractivity contribution in [1.29, 1.82) is 0 Å². The number of carbonyl (C=O) groups excluding carboxylic acids is 2. The topological polar surface area (TPSA) is 139 Å². The van der Waals surface area contributed by atoms with Crippen LogP contribution in [0.5, 0.6) is 0 Å². The molecule has 4 aromatic heterocycles. The van der Waals surface area contributed by atoms with Crippen molar-refractivity contribution in [3.8, 4) is 22.0 Å². The summed E-state index contributed by atoms with van der Waals surface area (Å²) in [7, 11) is 0. The molecule has 1 N–H and O–H groups in total. The molecule has 1 saturated heterocycles. The van der Waals surface area contributed by atoms with E-state index in [1.807, 2.05) is 19.1 Å².